The first-order valence-corrected chi connectivity index (χ1v) is 10.2. The second-order valence-electron chi connectivity index (χ2n) is 5.78. The minimum Gasteiger partial charge on any atom is -0.343 e. The van der Waals surface area contributed by atoms with Crippen molar-refractivity contribution in [3.63, 3.8) is 0 Å². The summed E-state index contributed by atoms with van der Waals surface area (Å²) < 4.78 is 31.6. The summed E-state index contributed by atoms with van der Waals surface area (Å²) in [4.78, 5) is 0. The number of benzene rings is 1. The Bertz CT molecular complexity index is 432. The van der Waals surface area contributed by atoms with Crippen LogP contribution in [-0.4, -0.2) is 17.5 Å². The zero-order chi connectivity index (χ0) is 18.7. The number of unbranched alkanes of at least 4 members (excludes halogenated alkanes) is 9. The summed E-state index contributed by atoms with van der Waals surface area (Å²) in [5, 5.41) is 0. The summed E-state index contributed by atoms with van der Waals surface area (Å²) in [5.74, 6) is 0. The van der Waals surface area contributed by atoms with Crippen LogP contribution >= 0.6 is 0 Å². The van der Waals surface area contributed by atoms with Crippen LogP contribution in [0.5, 0.6) is 0 Å². The molecule has 2 N–H and O–H groups in total. The quantitative estimate of drug-likeness (QED) is 0.298. The molecule has 0 heterocycles. The molecule has 4 nitrogen and oxygen atoms in total. The van der Waals surface area contributed by atoms with Crippen molar-refractivity contribution in [1.29, 1.82) is 0 Å². The van der Waals surface area contributed by atoms with Crippen molar-refractivity contribution in [2.45, 2.75) is 78.1 Å². The normalized spacial score (nSPS) is 9.80. The maximum absolute atomic E-state index is 8.74. The van der Waals surface area contributed by atoms with E-state index in [2.05, 4.69) is 32.9 Å². The van der Waals surface area contributed by atoms with E-state index >= 15 is 0 Å². The molecule has 0 spiro atoms. The monoisotopic (exact) mass is 382 g/mol. The van der Waals surface area contributed by atoms with Crippen LogP contribution in [0.2, 0.25) is 0 Å². The molecule has 0 bridgehead atoms. The van der Waals surface area contributed by atoms with Gasteiger partial charge in [0.15, 0.2) is 0 Å². The maximum atomic E-state index is 8.74. The van der Waals surface area contributed by atoms with Gasteiger partial charge in [-0.25, -0.2) is 0 Å². The van der Waals surface area contributed by atoms with Gasteiger partial charge in [0.1, 0.15) is 0 Å². The fourth-order valence-electron chi connectivity index (χ4n) is 2.02. The van der Waals surface area contributed by atoms with Gasteiger partial charge in [-0.2, -0.15) is 14.8 Å². The van der Waals surface area contributed by atoms with E-state index in [0.717, 1.165) is 6.42 Å². The molecule has 0 unspecified atom stereocenters. The van der Waals surface area contributed by atoms with E-state index in [1.165, 1.54) is 63.4 Å². The Morgan fingerprint density at radius 2 is 1.20 bits per heavy atom. The zero-order valence-electron chi connectivity index (χ0n) is 16.3. The first-order valence-electron chi connectivity index (χ1n) is 8.82. The Labute approximate surface area is 177 Å². The van der Waals surface area contributed by atoms with Crippen LogP contribution in [-0.2, 0) is 10.4 Å². The molecule has 1 aromatic rings. The molecule has 0 aromatic heterocycles. The second-order valence-corrected chi connectivity index (χ2v) is 6.68. The molecule has 0 saturated heterocycles. The van der Waals surface area contributed by atoms with Crippen molar-refractivity contribution in [3.8, 4) is 0 Å². The Hall–Kier alpha value is 0.0900. The van der Waals surface area contributed by atoms with Crippen LogP contribution in [0.3, 0.4) is 0 Å². The predicted molar refractivity (Wildman–Crippen MR) is 103 cm³/mol. The van der Waals surface area contributed by atoms with Gasteiger partial charge >= 0.3 is 40.0 Å². The Morgan fingerprint density at radius 1 is 0.840 bits per heavy atom. The molecule has 6 heteroatoms. The molecule has 0 aliphatic heterocycles. The van der Waals surface area contributed by atoms with Gasteiger partial charge in [0.2, 0.25) is 0 Å². The average Bonchev–Trinajstić information content (AvgIpc) is 2.50. The van der Waals surface area contributed by atoms with E-state index in [4.69, 9.17) is 17.5 Å². The molecule has 142 valence electrons. The van der Waals surface area contributed by atoms with Crippen LogP contribution in [0.15, 0.2) is 30.3 Å². The molecule has 25 heavy (non-hydrogen) atoms. The average molecular weight is 383 g/mol. The summed E-state index contributed by atoms with van der Waals surface area (Å²) in [7, 11) is -4.67. The van der Waals surface area contributed by atoms with Crippen molar-refractivity contribution >= 4 is 10.4 Å². The molecule has 0 fully saturated rings. The van der Waals surface area contributed by atoms with Gasteiger partial charge in [0, 0.05) is 0 Å². The topological polar surface area (TPSA) is 74.6 Å². The second kappa shape index (κ2) is 22.1. The summed E-state index contributed by atoms with van der Waals surface area (Å²) >= 11 is 0. The molecule has 0 saturated carbocycles. The summed E-state index contributed by atoms with van der Waals surface area (Å²) in [5.41, 5.74) is 1.32. The Morgan fingerprint density at radius 3 is 1.48 bits per heavy atom. The van der Waals surface area contributed by atoms with Gasteiger partial charge in [-0.1, -0.05) is 101 Å². The number of hydrogen-bond acceptors (Lipinski definition) is 2. The van der Waals surface area contributed by atoms with Crippen molar-refractivity contribution in [3.05, 3.63) is 42.8 Å². The van der Waals surface area contributed by atoms with Gasteiger partial charge in [-0.3, -0.25) is 9.11 Å². The minimum atomic E-state index is -4.67. The molecular formula is C19H35NaO4S. The first-order chi connectivity index (χ1) is 11.3. The summed E-state index contributed by atoms with van der Waals surface area (Å²) in [6.07, 6.45) is 13.9. The van der Waals surface area contributed by atoms with Crippen LogP contribution in [0.4, 0.5) is 0 Å². The number of rotatable bonds is 9. The SMILES string of the molecule is Cc1ccccc1.O=S(=O)(O)O.[CH2-]CCCCCCCCCCC.[Na+]. The van der Waals surface area contributed by atoms with Crippen molar-refractivity contribution in [2.24, 2.45) is 0 Å². The van der Waals surface area contributed by atoms with Crippen LogP contribution in [0, 0.1) is 13.8 Å². The summed E-state index contributed by atoms with van der Waals surface area (Å²) in [6.45, 7) is 8.20. The van der Waals surface area contributed by atoms with E-state index in [1.807, 2.05) is 18.2 Å². The molecule has 0 atom stereocenters. The van der Waals surface area contributed by atoms with Gasteiger partial charge < -0.3 is 6.92 Å². The fraction of sp³-hybridized carbons (Fsp3) is 0.632. The minimum absolute atomic E-state index is 0. The fourth-order valence-corrected chi connectivity index (χ4v) is 2.02. The largest absolute Gasteiger partial charge is 1.00 e. The molecule has 0 amide bonds. The first kappa shape index (κ1) is 29.8. The number of aryl methyl sites for hydroxylation is 1. The van der Waals surface area contributed by atoms with Crippen LogP contribution in [0.25, 0.3) is 0 Å². The van der Waals surface area contributed by atoms with Crippen molar-refractivity contribution in [2.75, 3.05) is 0 Å². The van der Waals surface area contributed by atoms with E-state index in [9.17, 15) is 0 Å². The van der Waals surface area contributed by atoms with Crippen molar-refractivity contribution < 1.29 is 47.1 Å². The van der Waals surface area contributed by atoms with Gasteiger partial charge in [-0.15, -0.1) is 0 Å². The predicted octanol–water partition coefficient (Wildman–Crippen LogP) is 3.09. The third-order valence-electron chi connectivity index (χ3n) is 3.29. The standard InChI is InChI=1S/C12H25.C7H8.Na.H2O4S/c1-3-5-7-9-11-12-10-8-6-4-2;1-7-5-3-2-4-6-7;;1-5(2,3)4/h1,3-12H2,2H3;2-6H,1H3;;(H2,1,2,3,4)/q-1;;+1;. The zero-order valence-corrected chi connectivity index (χ0v) is 19.1. The van der Waals surface area contributed by atoms with E-state index in [1.54, 1.807) is 0 Å². The Balaban J connectivity index is -0.000000316. The third-order valence-corrected chi connectivity index (χ3v) is 3.29. The molecule has 1 rings (SSSR count). The van der Waals surface area contributed by atoms with E-state index < -0.39 is 10.4 Å². The molecule has 0 radical (unpaired) electrons. The van der Waals surface area contributed by atoms with Crippen LogP contribution < -0.4 is 29.6 Å². The number of hydrogen-bond donors (Lipinski definition) is 2. The van der Waals surface area contributed by atoms with Gasteiger partial charge in [0.05, 0.1) is 0 Å². The van der Waals surface area contributed by atoms with E-state index in [0.29, 0.717) is 0 Å². The molecular weight excluding hydrogens is 347 g/mol. The maximum Gasteiger partial charge on any atom is 1.00 e. The smallest absolute Gasteiger partial charge is 0.343 e. The Kier molecular flexibility index (Phi) is 26.4. The van der Waals surface area contributed by atoms with Gasteiger partial charge in [0.25, 0.3) is 0 Å². The third kappa shape index (κ3) is 40.2. The molecule has 0 aliphatic carbocycles. The van der Waals surface area contributed by atoms with Gasteiger partial charge in [-0.05, 0) is 6.92 Å². The van der Waals surface area contributed by atoms with Crippen LogP contribution in [0.1, 0.15) is 76.7 Å². The summed E-state index contributed by atoms with van der Waals surface area (Å²) in [6, 6.07) is 10.3. The molecule has 1 aromatic carbocycles. The van der Waals surface area contributed by atoms with E-state index in [-0.39, 0.29) is 29.6 Å². The van der Waals surface area contributed by atoms with Crippen molar-refractivity contribution in [1.82, 2.24) is 0 Å². The molecule has 0 aliphatic rings.